The smallest absolute Gasteiger partial charge is 0.246 e. The number of carbonyl (C=O) groups excluding carboxylic acids is 1. The molecule has 0 saturated carbocycles. The second-order valence-electron chi connectivity index (χ2n) is 8.23. The summed E-state index contributed by atoms with van der Waals surface area (Å²) in [5.41, 5.74) is 3.69. The molecule has 8 heteroatoms. The molecule has 1 aliphatic heterocycles. The predicted molar refractivity (Wildman–Crippen MR) is 124 cm³/mol. The van der Waals surface area contributed by atoms with Crippen LogP contribution in [0.3, 0.4) is 0 Å². The van der Waals surface area contributed by atoms with Gasteiger partial charge in [0.15, 0.2) is 0 Å². The highest BCUT2D eigenvalue weighted by Crippen LogP contribution is 2.29. The Balaban J connectivity index is 1.48. The minimum Gasteiger partial charge on any atom is -0.326 e. The Hall–Kier alpha value is -2.97. The molecule has 0 bridgehead atoms. The van der Waals surface area contributed by atoms with Gasteiger partial charge in [-0.05, 0) is 57.4 Å². The van der Waals surface area contributed by atoms with Crippen LogP contribution in [0.5, 0.6) is 0 Å². The normalized spacial score (nSPS) is 15.6. The van der Waals surface area contributed by atoms with Crippen LogP contribution in [-0.4, -0.2) is 41.5 Å². The number of amides is 1. The van der Waals surface area contributed by atoms with Gasteiger partial charge in [-0.1, -0.05) is 36.4 Å². The zero-order valence-electron chi connectivity index (χ0n) is 18.6. The molecule has 2 heterocycles. The number of anilines is 1. The van der Waals surface area contributed by atoms with Crippen molar-refractivity contribution in [1.82, 2.24) is 14.1 Å². The molecule has 4 rings (SSSR count). The van der Waals surface area contributed by atoms with Gasteiger partial charge in [0.05, 0.1) is 17.1 Å². The molecule has 0 aliphatic carbocycles. The number of carbonyl (C=O) groups is 1. The van der Waals surface area contributed by atoms with Crippen molar-refractivity contribution in [2.45, 2.75) is 38.5 Å². The van der Waals surface area contributed by atoms with Crippen LogP contribution in [0.25, 0.3) is 5.69 Å². The van der Waals surface area contributed by atoms with Crippen LogP contribution in [0.4, 0.5) is 5.69 Å². The van der Waals surface area contributed by atoms with E-state index < -0.39 is 10.0 Å². The van der Waals surface area contributed by atoms with Crippen molar-refractivity contribution in [1.29, 1.82) is 0 Å². The largest absolute Gasteiger partial charge is 0.326 e. The maximum absolute atomic E-state index is 13.5. The lowest BCUT2D eigenvalue weighted by atomic mass is 9.97. The van der Waals surface area contributed by atoms with Gasteiger partial charge >= 0.3 is 0 Å². The summed E-state index contributed by atoms with van der Waals surface area (Å²) in [6, 6.07) is 17.1. The predicted octanol–water partition coefficient (Wildman–Crippen LogP) is 3.84. The average molecular weight is 453 g/mol. The summed E-state index contributed by atoms with van der Waals surface area (Å²) >= 11 is 0. The summed E-state index contributed by atoms with van der Waals surface area (Å²) in [7, 11) is -3.71. The second kappa shape index (κ2) is 8.88. The molecule has 1 aliphatic rings. The Kier molecular flexibility index (Phi) is 6.17. The molecule has 1 N–H and O–H groups in total. The standard InChI is InChI=1S/C24H28N4O3S/c1-17-9-7-8-12-22(17)25-24(29)20-13-15-27(16-14-20)32(30,31)23-18(2)26-28(19(23)3)21-10-5-4-6-11-21/h4-12,20H,13-16H2,1-3H3,(H,25,29). The van der Waals surface area contributed by atoms with Crippen molar-refractivity contribution in [3.63, 3.8) is 0 Å². The third kappa shape index (κ3) is 4.20. The van der Waals surface area contributed by atoms with Crippen LogP contribution in [0, 0.1) is 26.7 Å². The minimum atomic E-state index is -3.71. The highest BCUT2D eigenvalue weighted by atomic mass is 32.2. The van der Waals surface area contributed by atoms with Crippen molar-refractivity contribution in [2.24, 2.45) is 5.92 Å². The van der Waals surface area contributed by atoms with E-state index in [0.717, 1.165) is 16.9 Å². The van der Waals surface area contributed by atoms with Crippen molar-refractivity contribution < 1.29 is 13.2 Å². The van der Waals surface area contributed by atoms with Crippen LogP contribution in [-0.2, 0) is 14.8 Å². The third-order valence-corrected chi connectivity index (χ3v) is 8.20. The number of nitrogens with zero attached hydrogens (tertiary/aromatic N) is 3. The monoisotopic (exact) mass is 452 g/mol. The van der Waals surface area contributed by atoms with E-state index in [-0.39, 0.29) is 16.7 Å². The van der Waals surface area contributed by atoms with Gasteiger partial charge in [-0.3, -0.25) is 4.79 Å². The fourth-order valence-electron chi connectivity index (χ4n) is 4.26. The number of benzene rings is 2. The Morgan fingerprint density at radius 2 is 1.59 bits per heavy atom. The number of aryl methyl sites for hydroxylation is 2. The fourth-order valence-corrected chi connectivity index (χ4v) is 6.08. The molecule has 0 unspecified atom stereocenters. The van der Waals surface area contributed by atoms with Gasteiger partial charge in [-0.2, -0.15) is 9.40 Å². The first kappa shape index (κ1) is 22.2. The average Bonchev–Trinajstić information content (AvgIpc) is 3.10. The maximum Gasteiger partial charge on any atom is 0.246 e. The SMILES string of the molecule is Cc1ccccc1NC(=O)C1CCN(S(=O)(=O)c2c(C)nn(-c3ccccc3)c2C)CC1. The number of para-hydroxylation sites is 2. The van der Waals surface area contributed by atoms with E-state index in [1.54, 1.807) is 18.5 Å². The summed E-state index contributed by atoms with van der Waals surface area (Å²) in [6.07, 6.45) is 0.976. The molecular weight excluding hydrogens is 424 g/mol. The zero-order chi connectivity index (χ0) is 22.9. The van der Waals surface area contributed by atoms with E-state index in [4.69, 9.17) is 0 Å². The highest BCUT2D eigenvalue weighted by Gasteiger charge is 2.35. The Morgan fingerprint density at radius 1 is 0.969 bits per heavy atom. The minimum absolute atomic E-state index is 0.0550. The molecule has 1 saturated heterocycles. The van der Waals surface area contributed by atoms with Crippen molar-refractivity contribution >= 4 is 21.6 Å². The third-order valence-electron chi connectivity index (χ3n) is 6.05. The lowest BCUT2D eigenvalue weighted by molar-refractivity contribution is -0.120. The van der Waals surface area contributed by atoms with Gasteiger partial charge in [0.1, 0.15) is 4.90 Å². The lowest BCUT2D eigenvalue weighted by Gasteiger charge is -2.30. The molecule has 1 fully saturated rings. The number of hydrogen-bond acceptors (Lipinski definition) is 4. The lowest BCUT2D eigenvalue weighted by Crippen LogP contribution is -2.41. The molecule has 0 atom stereocenters. The van der Waals surface area contributed by atoms with Gasteiger partial charge < -0.3 is 5.32 Å². The Morgan fingerprint density at radius 3 is 2.25 bits per heavy atom. The van der Waals surface area contributed by atoms with Crippen molar-refractivity contribution in [3.05, 3.63) is 71.5 Å². The number of hydrogen-bond donors (Lipinski definition) is 1. The van der Waals surface area contributed by atoms with E-state index in [1.165, 1.54) is 4.31 Å². The first-order valence-electron chi connectivity index (χ1n) is 10.8. The van der Waals surface area contributed by atoms with Crippen LogP contribution in [0.1, 0.15) is 29.8 Å². The summed E-state index contributed by atoms with van der Waals surface area (Å²) < 4.78 is 30.1. The zero-order valence-corrected chi connectivity index (χ0v) is 19.4. The molecule has 1 aromatic heterocycles. The molecule has 3 aromatic rings. The van der Waals surface area contributed by atoms with Gasteiger partial charge in [0.2, 0.25) is 15.9 Å². The van der Waals surface area contributed by atoms with Crippen LogP contribution >= 0.6 is 0 Å². The van der Waals surface area contributed by atoms with Crippen LogP contribution in [0.15, 0.2) is 59.5 Å². The summed E-state index contributed by atoms with van der Waals surface area (Å²) in [5.74, 6) is -0.268. The quantitative estimate of drug-likeness (QED) is 0.638. The van der Waals surface area contributed by atoms with E-state index in [2.05, 4.69) is 10.4 Å². The van der Waals surface area contributed by atoms with Crippen LogP contribution in [0.2, 0.25) is 0 Å². The van der Waals surface area contributed by atoms with Gasteiger partial charge in [0, 0.05) is 24.7 Å². The summed E-state index contributed by atoms with van der Waals surface area (Å²) in [4.78, 5) is 13.0. The molecular formula is C24H28N4O3S. The Labute approximate surface area is 189 Å². The fraction of sp³-hybridized carbons (Fsp3) is 0.333. The molecule has 1 amide bonds. The molecule has 2 aromatic carbocycles. The Bertz CT molecular complexity index is 1230. The van der Waals surface area contributed by atoms with Gasteiger partial charge in [-0.15, -0.1) is 0 Å². The molecule has 0 radical (unpaired) electrons. The van der Waals surface area contributed by atoms with E-state index in [9.17, 15) is 13.2 Å². The summed E-state index contributed by atoms with van der Waals surface area (Å²) in [5, 5.41) is 7.47. The van der Waals surface area contributed by atoms with Crippen LogP contribution < -0.4 is 5.32 Å². The first-order valence-corrected chi connectivity index (χ1v) is 12.2. The number of nitrogens with one attached hydrogen (secondary N) is 1. The van der Waals surface area contributed by atoms with E-state index in [1.807, 2.05) is 61.5 Å². The van der Waals surface area contributed by atoms with E-state index in [0.29, 0.717) is 37.3 Å². The molecule has 7 nitrogen and oxygen atoms in total. The first-order chi connectivity index (χ1) is 15.3. The topological polar surface area (TPSA) is 84.3 Å². The highest BCUT2D eigenvalue weighted by molar-refractivity contribution is 7.89. The summed E-state index contributed by atoms with van der Waals surface area (Å²) in [6.45, 7) is 6.07. The second-order valence-corrected chi connectivity index (χ2v) is 10.1. The van der Waals surface area contributed by atoms with Crippen molar-refractivity contribution in [3.8, 4) is 5.69 Å². The van der Waals surface area contributed by atoms with Crippen molar-refractivity contribution in [2.75, 3.05) is 18.4 Å². The molecule has 168 valence electrons. The number of rotatable bonds is 5. The van der Waals surface area contributed by atoms with Gasteiger partial charge in [-0.25, -0.2) is 13.1 Å². The number of aromatic nitrogens is 2. The maximum atomic E-state index is 13.5. The molecule has 32 heavy (non-hydrogen) atoms. The molecule has 0 spiro atoms. The number of sulfonamides is 1. The van der Waals surface area contributed by atoms with E-state index >= 15 is 0 Å². The number of piperidine rings is 1. The van der Waals surface area contributed by atoms with Gasteiger partial charge in [0.25, 0.3) is 0 Å².